The van der Waals surface area contributed by atoms with Crippen LogP contribution in [0.3, 0.4) is 0 Å². The summed E-state index contributed by atoms with van der Waals surface area (Å²) in [7, 11) is 0. The molecule has 5 nitrogen and oxygen atoms in total. The fraction of sp³-hybridized carbons (Fsp3) is 0.667. The number of hydrogen-bond acceptors (Lipinski definition) is 4. The molecule has 0 fully saturated rings. The number of Topliss-reactive ketones (excluding diaryl/α,β-unsaturated/α-hetero) is 1. The molecule has 0 spiro atoms. The van der Waals surface area contributed by atoms with E-state index in [-0.39, 0.29) is 24.4 Å². The van der Waals surface area contributed by atoms with Crippen LogP contribution >= 0.6 is 11.8 Å². The fourth-order valence-corrected chi connectivity index (χ4v) is 1.98. The zero-order valence-corrected chi connectivity index (χ0v) is 9.25. The lowest BCUT2D eigenvalue weighted by Crippen LogP contribution is -2.19. The number of rotatable bonds is 8. The lowest BCUT2D eigenvalue weighted by atomic mass is 10.1. The van der Waals surface area contributed by atoms with E-state index in [2.05, 4.69) is 0 Å². The Balaban J connectivity index is 3.81. The molecular formula is C9H14O5S. The van der Waals surface area contributed by atoms with E-state index in [0.717, 1.165) is 0 Å². The molecule has 1 atom stereocenters. The molecule has 0 saturated carbocycles. The van der Waals surface area contributed by atoms with Crippen molar-refractivity contribution in [2.45, 2.75) is 19.8 Å². The molecule has 2 N–H and O–H groups in total. The highest BCUT2D eigenvalue weighted by molar-refractivity contribution is 7.99. The van der Waals surface area contributed by atoms with Crippen molar-refractivity contribution in [2.75, 3.05) is 11.5 Å². The number of carbonyl (C=O) groups excluding carboxylic acids is 1. The van der Waals surface area contributed by atoms with Crippen LogP contribution in [0.4, 0.5) is 0 Å². The van der Waals surface area contributed by atoms with Gasteiger partial charge in [-0.1, -0.05) is 0 Å². The van der Waals surface area contributed by atoms with Crippen molar-refractivity contribution >= 4 is 29.5 Å². The summed E-state index contributed by atoms with van der Waals surface area (Å²) in [5, 5.41) is 17.1. The van der Waals surface area contributed by atoms with Crippen LogP contribution in [0, 0.1) is 5.92 Å². The standard InChI is InChI=1S/C9H14O5S/c1-6(10)4-7(9(13)14)5-15-3-2-8(11)12/h7H,2-5H2,1H3,(H,11,12)(H,13,14). The van der Waals surface area contributed by atoms with Crippen molar-refractivity contribution < 1.29 is 24.6 Å². The monoisotopic (exact) mass is 234 g/mol. The molecule has 1 unspecified atom stereocenters. The van der Waals surface area contributed by atoms with Gasteiger partial charge >= 0.3 is 11.9 Å². The van der Waals surface area contributed by atoms with Gasteiger partial charge in [0.2, 0.25) is 0 Å². The smallest absolute Gasteiger partial charge is 0.307 e. The summed E-state index contributed by atoms with van der Waals surface area (Å²) in [5.74, 6) is -2.13. The SMILES string of the molecule is CC(=O)CC(CSCCC(=O)O)C(=O)O. The Morgan fingerprint density at radius 2 is 1.87 bits per heavy atom. The summed E-state index contributed by atoms with van der Waals surface area (Å²) in [6.45, 7) is 1.35. The Labute approximate surface area is 91.9 Å². The summed E-state index contributed by atoms with van der Waals surface area (Å²) in [5.41, 5.74) is 0. The molecular weight excluding hydrogens is 220 g/mol. The van der Waals surface area contributed by atoms with Gasteiger partial charge in [0.25, 0.3) is 0 Å². The van der Waals surface area contributed by atoms with Crippen LogP contribution in [0.25, 0.3) is 0 Å². The molecule has 0 rings (SSSR count). The number of carbonyl (C=O) groups is 3. The summed E-state index contributed by atoms with van der Waals surface area (Å²) < 4.78 is 0. The average molecular weight is 234 g/mol. The number of carboxylic acids is 2. The van der Waals surface area contributed by atoms with E-state index < -0.39 is 17.9 Å². The first kappa shape index (κ1) is 14.0. The van der Waals surface area contributed by atoms with E-state index in [4.69, 9.17) is 10.2 Å². The van der Waals surface area contributed by atoms with E-state index in [1.807, 2.05) is 0 Å². The molecule has 86 valence electrons. The van der Waals surface area contributed by atoms with Crippen molar-refractivity contribution in [1.82, 2.24) is 0 Å². The predicted molar refractivity (Wildman–Crippen MR) is 56.0 cm³/mol. The third-order valence-electron chi connectivity index (χ3n) is 1.66. The minimum absolute atomic E-state index is 0.00933. The molecule has 0 saturated heterocycles. The number of aliphatic carboxylic acids is 2. The molecule has 0 bridgehead atoms. The van der Waals surface area contributed by atoms with Gasteiger partial charge in [-0.25, -0.2) is 0 Å². The summed E-state index contributed by atoms with van der Waals surface area (Å²) in [6, 6.07) is 0. The quantitative estimate of drug-likeness (QED) is 0.605. The molecule has 0 radical (unpaired) electrons. The first-order valence-electron chi connectivity index (χ1n) is 4.45. The van der Waals surface area contributed by atoms with Crippen molar-refractivity contribution in [2.24, 2.45) is 5.92 Å². The predicted octanol–water partition coefficient (Wildman–Crippen LogP) is 0.874. The highest BCUT2D eigenvalue weighted by atomic mass is 32.2. The summed E-state index contributed by atoms with van der Waals surface area (Å²) in [6.07, 6.45) is 0.0203. The Morgan fingerprint density at radius 1 is 1.27 bits per heavy atom. The van der Waals surface area contributed by atoms with E-state index >= 15 is 0 Å². The van der Waals surface area contributed by atoms with Crippen LogP contribution in [0.2, 0.25) is 0 Å². The largest absolute Gasteiger partial charge is 0.481 e. The average Bonchev–Trinajstić information content (AvgIpc) is 2.08. The molecule has 0 aromatic rings. The van der Waals surface area contributed by atoms with Gasteiger partial charge in [0.05, 0.1) is 12.3 Å². The summed E-state index contributed by atoms with van der Waals surface area (Å²) in [4.78, 5) is 31.6. The molecule has 0 aromatic heterocycles. The van der Waals surface area contributed by atoms with Gasteiger partial charge < -0.3 is 15.0 Å². The minimum Gasteiger partial charge on any atom is -0.481 e. The Hall–Kier alpha value is -1.04. The van der Waals surface area contributed by atoms with Crippen molar-refractivity contribution in [3.63, 3.8) is 0 Å². The van der Waals surface area contributed by atoms with Gasteiger partial charge in [0, 0.05) is 17.9 Å². The van der Waals surface area contributed by atoms with Gasteiger partial charge in [0.1, 0.15) is 5.78 Å². The van der Waals surface area contributed by atoms with Gasteiger partial charge in [-0.15, -0.1) is 0 Å². The van der Waals surface area contributed by atoms with E-state index in [1.165, 1.54) is 18.7 Å². The van der Waals surface area contributed by atoms with E-state index in [1.54, 1.807) is 0 Å². The second-order valence-corrected chi connectivity index (χ2v) is 4.31. The topological polar surface area (TPSA) is 91.7 Å². The maximum absolute atomic E-state index is 10.7. The molecule has 0 aliphatic heterocycles. The van der Waals surface area contributed by atoms with Crippen LogP contribution in [0.5, 0.6) is 0 Å². The van der Waals surface area contributed by atoms with Crippen molar-refractivity contribution in [3.05, 3.63) is 0 Å². The minimum atomic E-state index is -1.01. The molecule has 0 aliphatic rings. The number of carboxylic acid groups (broad SMARTS) is 2. The Bertz CT molecular complexity index is 251. The lowest BCUT2D eigenvalue weighted by Gasteiger charge is -2.09. The van der Waals surface area contributed by atoms with Crippen molar-refractivity contribution in [3.8, 4) is 0 Å². The Kier molecular flexibility index (Phi) is 6.77. The van der Waals surface area contributed by atoms with Gasteiger partial charge in [-0.05, 0) is 6.92 Å². The zero-order valence-electron chi connectivity index (χ0n) is 8.43. The van der Waals surface area contributed by atoms with Crippen molar-refractivity contribution in [1.29, 1.82) is 0 Å². The zero-order chi connectivity index (χ0) is 11.8. The molecule has 0 heterocycles. The molecule has 15 heavy (non-hydrogen) atoms. The van der Waals surface area contributed by atoms with Gasteiger partial charge in [-0.2, -0.15) is 11.8 Å². The number of thioether (sulfide) groups is 1. The third-order valence-corrected chi connectivity index (χ3v) is 2.79. The molecule has 0 aromatic carbocycles. The van der Waals surface area contributed by atoms with Crippen LogP contribution in [-0.4, -0.2) is 39.4 Å². The van der Waals surface area contributed by atoms with Crippen LogP contribution in [0.1, 0.15) is 19.8 Å². The molecule has 0 aliphatic carbocycles. The van der Waals surface area contributed by atoms with E-state index in [9.17, 15) is 14.4 Å². The molecule has 6 heteroatoms. The lowest BCUT2D eigenvalue weighted by molar-refractivity contribution is -0.142. The summed E-state index contributed by atoms with van der Waals surface area (Å²) >= 11 is 1.25. The first-order chi connectivity index (χ1) is 6.93. The Morgan fingerprint density at radius 3 is 2.27 bits per heavy atom. The second-order valence-electron chi connectivity index (χ2n) is 3.16. The maximum atomic E-state index is 10.7. The number of ketones is 1. The third kappa shape index (κ3) is 7.99. The van der Waals surface area contributed by atoms with Gasteiger partial charge in [-0.3, -0.25) is 9.59 Å². The van der Waals surface area contributed by atoms with E-state index in [0.29, 0.717) is 5.75 Å². The van der Waals surface area contributed by atoms with Crippen LogP contribution < -0.4 is 0 Å². The maximum Gasteiger partial charge on any atom is 0.307 e. The first-order valence-corrected chi connectivity index (χ1v) is 5.60. The second kappa shape index (κ2) is 7.28. The normalized spacial score (nSPS) is 12.1. The number of hydrogen-bond donors (Lipinski definition) is 2. The van der Waals surface area contributed by atoms with Crippen LogP contribution in [-0.2, 0) is 14.4 Å². The molecule has 0 amide bonds. The highest BCUT2D eigenvalue weighted by Crippen LogP contribution is 2.14. The highest BCUT2D eigenvalue weighted by Gasteiger charge is 2.19. The fourth-order valence-electron chi connectivity index (χ4n) is 0.950. The van der Waals surface area contributed by atoms with Gasteiger partial charge in [0.15, 0.2) is 0 Å². The van der Waals surface area contributed by atoms with Crippen LogP contribution in [0.15, 0.2) is 0 Å².